The highest BCUT2D eigenvalue weighted by Crippen LogP contribution is 2.24. The molecule has 66 valence electrons. The van der Waals surface area contributed by atoms with Gasteiger partial charge in [-0.3, -0.25) is 4.98 Å². The quantitative estimate of drug-likeness (QED) is 0.785. The Morgan fingerprint density at radius 3 is 3.00 bits per heavy atom. The standard InChI is InChI=1S/C9H12ClNO/c1-2-3-9(12)7-6-11-5-4-8(7)10/h4-6,9,12H,2-3H2,1H3/t9-/m1/s1. The number of pyridine rings is 1. The van der Waals surface area contributed by atoms with Crippen molar-refractivity contribution in [3.63, 3.8) is 0 Å². The molecule has 1 rings (SSSR count). The molecule has 1 aromatic heterocycles. The topological polar surface area (TPSA) is 33.1 Å². The average Bonchev–Trinajstić information content (AvgIpc) is 2.05. The zero-order valence-electron chi connectivity index (χ0n) is 7.00. The molecule has 0 spiro atoms. The third kappa shape index (κ3) is 2.19. The predicted octanol–water partition coefficient (Wildman–Crippen LogP) is 2.57. The second kappa shape index (κ2) is 4.43. The summed E-state index contributed by atoms with van der Waals surface area (Å²) in [6.07, 6.45) is 4.42. The van der Waals surface area contributed by atoms with E-state index < -0.39 is 6.10 Å². The first kappa shape index (κ1) is 9.49. The van der Waals surface area contributed by atoms with Crippen molar-refractivity contribution in [1.29, 1.82) is 0 Å². The summed E-state index contributed by atoms with van der Waals surface area (Å²) in [5.41, 5.74) is 0.723. The molecule has 0 fully saturated rings. The molecule has 0 saturated heterocycles. The van der Waals surface area contributed by atoms with Crippen molar-refractivity contribution < 1.29 is 5.11 Å². The van der Waals surface area contributed by atoms with Crippen molar-refractivity contribution in [3.05, 3.63) is 29.0 Å². The Balaban J connectivity index is 2.79. The minimum absolute atomic E-state index is 0.476. The fourth-order valence-electron chi connectivity index (χ4n) is 1.06. The first-order chi connectivity index (χ1) is 5.75. The van der Waals surface area contributed by atoms with Gasteiger partial charge in [-0.2, -0.15) is 0 Å². The molecule has 0 aliphatic carbocycles. The summed E-state index contributed by atoms with van der Waals surface area (Å²) in [6, 6.07) is 1.69. The molecule has 2 nitrogen and oxygen atoms in total. The van der Waals surface area contributed by atoms with Gasteiger partial charge in [0.15, 0.2) is 0 Å². The van der Waals surface area contributed by atoms with Crippen molar-refractivity contribution in [3.8, 4) is 0 Å². The van der Waals surface area contributed by atoms with Gasteiger partial charge in [0, 0.05) is 23.0 Å². The molecular formula is C9H12ClNO. The Labute approximate surface area is 77.2 Å². The normalized spacial score (nSPS) is 12.9. The molecule has 1 atom stereocenters. The van der Waals surface area contributed by atoms with E-state index in [2.05, 4.69) is 4.98 Å². The van der Waals surface area contributed by atoms with E-state index in [0.717, 1.165) is 18.4 Å². The van der Waals surface area contributed by atoms with Crippen molar-refractivity contribution >= 4 is 11.6 Å². The first-order valence-corrected chi connectivity index (χ1v) is 4.41. The molecule has 1 heterocycles. The monoisotopic (exact) mass is 185 g/mol. The van der Waals surface area contributed by atoms with Crippen LogP contribution in [0.15, 0.2) is 18.5 Å². The van der Waals surface area contributed by atoms with Crippen LogP contribution in [-0.2, 0) is 0 Å². The molecule has 1 N–H and O–H groups in total. The average molecular weight is 186 g/mol. The smallest absolute Gasteiger partial charge is 0.0819 e. The third-order valence-electron chi connectivity index (χ3n) is 1.72. The molecular weight excluding hydrogens is 174 g/mol. The summed E-state index contributed by atoms with van der Waals surface area (Å²) in [5, 5.41) is 10.2. The Hall–Kier alpha value is -0.600. The van der Waals surface area contributed by atoms with Gasteiger partial charge in [0.05, 0.1) is 6.10 Å². The predicted molar refractivity (Wildman–Crippen MR) is 49.1 cm³/mol. The maximum Gasteiger partial charge on any atom is 0.0819 e. The zero-order chi connectivity index (χ0) is 8.97. The van der Waals surface area contributed by atoms with Crippen LogP contribution >= 0.6 is 11.6 Å². The minimum atomic E-state index is -0.476. The van der Waals surface area contributed by atoms with E-state index in [1.807, 2.05) is 6.92 Å². The highest BCUT2D eigenvalue weighted by Gasteiger charge is 2.09. The molecule has 3 heteroatoms. The molecule has 0 amide bonds. The van der Waals surface area contributed by atoms with Crippen molar-refractivity contribution in [2.75, 3.05) is 0 Å². The lowest BCUT2D eigenvalue weighted by Gasteiger charge is -2.09. The Morgan fingerprint density at radius 2 is 2.42 bits per heavy atom. The van der Waals surface area contributed by atoms with Gasteiger partial charge in [-0.05, 0) is 12.5 Å². The van der Waals surface area contributed by atoms with Crippen LogP contribution in [0.5, 0.6) is 0 Å². The summed E-state index contributed by atoms with van der Waals surface area (Å²) in [6.45, 7) is 2.02. The lowest BCUT2D eigenvalue weighted by Crippen LogP contribution is -1.97. The summed E-state index contributed by atoms with van der Waals surface area (Å²) < 4.78 is 0. The molecule has 0 radical (unpaired) electrons. The van der Waals surface area contributed by atoms with Crippen LogP contribution in [0, 0.1) is 0 Å². The second-order valence-corrected chi connectivity index (χ2v) is 3.11. The molecule has 0 unspecified atom stereocenters. The van der Waals surface area contributed by atoms with Gasteiger partial charge in [-0.15, -0.1) is 0 Å². The van der Waals surface area contributed by atoms with Gasteiger partial charge in [-0.25, -0.2) is 0 Å². The van der Waals surface area contributed by atoms with Gasteiger partial charge in [-0.1, -0.05) is 24.9 Å². The number of aromatic nitrogens is 1. The largest absolute Gasteiger partial charge is 0.388 e. The number of aliphatic hydroxyl groups is 1. The fourth-order valence-corrected chi connectivity index (χ4v) is 1.29. The number of aliphatic hydroxyl groups excluding tert-OH is 1. The first-order valence-electron chi connectivity index (χ1n) is 4.03. The van der Waals surface area contributed by atoms with E-state index >= 15 is 0 Å². The molecule has 0 bridgehead atoms. The van der Waals surface area contributed by atoms with E-state index in [-0.39, 0.29) is 0 Å². The zero-order valence-corrected chi connectivity index (χ0v) is 7.75. The maximum absolute atomic E-state index is 9.58. The van der Waals surface area contributed by atoms with E-state index in [0.29, 0.717) is 5.02 Å². The summed E-state index contributed by atoms with van der Waals surface area (Å²) in [7, 11) is 0. The molecule has 12 heavy (non-hydrogen) atoms. The molecule has 1 aromatic rings. The van der Waals surface area contributed by atoms with Crippen LogP contribution < -0.4 is 0 Å². The number of hydrogen-bond acceptors (Lipinski definition) is 2. The van der Waals surface area contributed by atoms with Gasteiger partial charge >= 0.3 is 0 Å². The van der Waals surface area contributed by atoms with Crippen LogP contribution in [0.25, 0.3) is 0 Å². The van der Waals surface area contributed by atoms with E-state index in [4.69, 9.17) is 11.6 Å². The molecule has 0 aliphatic rings. The van der Waals surface area contributed by atoms with Crippen LogP contribution in [0.4, 0.5) is 0 Å². The number of halogens is 1. The highest BCUT2D eigenvalue weighted by molar-refractivity contribution is 6.31. The number of hydrogen-bond donors (Lipinski definition) is 1. The van der Waals surface area contributed by atoms with Crippen LogP contribution in [-0.4, -0.2) is 10.1 Å². The molecule has 0 aliphatic heterocycles. The number of rotatable bonds is 3. The lowest BCUT2D eigenvalue weighted by atomic mass is 10.1. The number of nitrogens with zero attached hydrogens (tertiary/aromatic N) is 1. The van der Waals surface area contributed by atoms with E-state index in [9.17, 15) is 5.11 Å². The SMILES string of the molecule is CCC[C@@H](O)c1cnccc1Cl. The minimum Gasteiger partial charge on any atom is -0.388 e. The fraction of sp³-hybridized carbons (Fsp3) is 0.444. The summed E-state index contributed by atoms with van der Waals surface area (Å²) >= 11 is 5.85. The third-order valence-corrected chi connectivity index (χ3v) is 2.06. The van der Waals surface area contributed by atoms with E-state index in [1.54, 1.807) is 18.5 Å². The van der Waals surface area contributed by atoms with E-state index in [1.165, 1.54) is 0 Å². The lowest BCUT2D eigenvalue weighted by molar-refractivity contribution is 0.166. The van der Waals surface area contributed by atoms with Gasteiger partial charge < -0.3 is 5.11 Å². The van der Waals surface area contributed by atoms with Crippen LogP contribution in [0.3, 0.4) is 0 Å². The van der Waals surface area contributed by atoms with Crippen LogP contribution in [0.1, 0.15) is 31.4 Å². The Kier molecular flexibility index (Phi) is 3.50. The summed E-state index contributed by atoms with van der Waals surface area (Å²) in [4.78, 5) is 3.90. The van der Waals surface area contributed by atoms with Crippen LogP contribution in [0.2, 0.25) is 5.02 Å². The van der Waals surface area contributed by atoms with Crippen molar-refractivity contribution in [2.24, 2.45) is 0 Å². The second-order valence-electron chi connectivity index (χ2n) is 2.70. The van der Waals surface area contributed by atoms with Gasteiger partial charge in [0.1, 0.15) is 0 Å². The van der Waals surface area contributed by atoms with Crippen molar-refractivity contribution in [1.82, 2.24) is 4.98 Å². The maximum atomic E-state index is 9.58. The van der Waals surface area contributed by atoms with Crippen molar-refractivity contribution in [2.45, 2.75) is 25.9 Å². The highest BCUT2D eigenvalue weighted by atomic mass is 35.5. The molecule has 0 aromatic carbocycles. The Bertz CT molecular complexity index is 252. The van der Waals surface area contributed by atoms with Gasteiger partial charge in [0.25, 0.3) is 0 Å². The summed E-state index contributed by atoms with van der Waals surface area (Å²) in [5.74, 6) is 0. The Morgan fingerprint density at radius 1 is 1.67 bits per heavy atom. The molecule has 0 saturated carbocycles. The van der Waals surface area contributed by atoms with Gasteiger partial charge in [0.2, 0.25) is 0 Å².